The van der Waals surface area contributed by atoms with Crippen molar-refractivity contribution in [3.05, 3.63) is 161 Å². The minimum Gasteiger partial charge on any atom is -0.446 e. The van der Waals surface area contributed by atoms with E-state index in [0.29, 0.717) is 121 Å². The summed E-state index contributed by atoms with van der Waals surface area (Å²) in [5.41, 5.74) is -1.76. The molecule has 24 nitrogen and oxygen atoms in total. The van der Waals surface area contributed by atoms with E-state index in [1.165, 1.54) is 42.1 Å². The van der Waals surface area contributed by atoms with Crippen molar-refractivity contribution >= 4 is 111 Å². The number of anilines is 5. The number of amides is 5. The number of rotatable bonds is 30. The van der Waals surface area contributed by atoms with Crippen LogP contribution in [0.5, 0.6) is 0 Å². The van der Waals surface area contributed by atoms with Gasteiger partial charge in [0.1, 0.15) is 22.9 Å². The quantitative estimate of drug-likeness (QED) is 0.0121. The molecular weight excluding hydrogens is 1480 g/mol. The third-order valence-electron chi connectivity index (χ3n) is 18.6. The highest BCUT2D eigenvalue weighted by atomic mass is 35.5. The largest absolute Gasteiger partial charge is 0.501 e. The number of benzene rings is 6. The Morgan fingerprint density at radius 2 is 1.39 bits per heavy atom. The number of likely N-dealkylation sites (tertiary alicyclic amines) is 1. The summed E-state index contributed by atoms with van der Waals surface area (Å²) in [6.45, 7) is 9.93. The van der Waals surface area contributed by atoms with Crippen molar-refractivity contribution in [1.29, 1.82) is 0 Å². The number of hydrogen-bond donors (Lipinski definition) is 5. The van der Waals surface area contributed by atoms with Gasteiger partial charge in [-0.15, -0.1) is 11.8 Å². The van der Waals surface area contributed by atoms with Crippen LogP contribution in [0.15, 0.2) is 153 Å². The zero-order valence-corrected chi connectivity index (χ0v) is 62.4. The van der Waals surface area contributed by atoms with Crippen molar-refractivity contribution in [2.75, 3.05) is 122 Å². The number of carbonyl (C=O) groups is 5. The molecule has 5 N–H and O–H groups in total. The Hall–Kier alpha value is -8.76. The van der Waals surface area contributed by atoms with E-state index in [4.69, 9.17) is 25.8 Å². The molecule has 0 saturated carbocycles. The van der Waals surface area contributed by atoms with Crippen molar-refractivity contribution in [2.45, 2.75) is 102 Å². The molecule has 11 rings (SSSR count). The number of carbonyl (C=O) groups excluding carboxylic acids is 5. The van der Waals surface area contributed by atoms with E-state index in [1.807, 2.05) is 58.5 Å². The summed E-state index contributed by atoms with van der Waals surface area (Å²) in [4.78, 5) is 69.3. The SMILES string of the molecule is Cc1c(S(C)(=O)=O)c(-c2cc(F)cc(N3CCN(c4ccc(NS(=O)(=O)c5ccc(N[C@H](CCN6CCC(OC(=O)NCCOCCOCCNc7cccc8c7C(=O)N(C7CCC(=O)NC7=O)C8=O)CC6)CSc6ccccc6)c(S(=O)(=O)C(F)(F)F)c5)cc4)CC3)c2)c(-c2ccc(Cl)cc2)n1C(C)C. The molecule has 3 fully saturated rings. The normalized spacial score (nSPS) is 16.7. The second kappa shape index (κ2) is 33.6. The van der Waals surface area contributed by atoms with Gasteiger partial charge in [0.25, 0.3) is 31.7 Å². The summed E-state index contributed by atoms with van der Waals surface area (Å²) in [6, 6.07) is 32.4. The van der Waals surface area contributed by atoms with Gasteiger partial charge in [0, 0.05) is 133 Å². The lowest BCUT2D eigenvalue weighted by Crippen LogP contribution is -2.54. The summed E-state index contributed by atoms with van der Waals surface area (Å²) < 4.78 is 163. The van der Waals surface area contributed by atoms with E-state index in [1.54, 1.807) is 61.5 Å². The first-order valence-electron chi connectivity index (χ1n) is 34.4. The Bertz CT molecular complexity index is 4760. The third kappa shape index (κ3) is 18.4. The van der Waals surface area contributed by atoms with E-state index in [-0.39, 0.29) is 85.9 Å². The Balaban J connectivity index is 0.651. The summed E-state index contributed by atoms with van der Waals surface area (Å²) in [7, 11) is -14.7. The van der Waals surface area contributed by atoms with Gasteiger partial charge < -0.3 is 49.4 Å². The molecule has 6 aromatic carbocycles. The highest BCUT2D eigenvalue weighted by Gasteiger charge is 2.49. The van der Waals surface area contributed by atoms with E-state index < -0.39 is 104 Å². The van der Waals surface area contributed by atoms with Crippen molar-refractivity contribution in [3.8, 4) is 22.4 Å². The Morgan fingerprint density at radius 3 is 2.04 bits per heavy atom. The Kier molecular flexibility index (Phi) is 24.8. The van der Waals surface area contributed by atoms with Gasteiger partial charge in [-0.2, -0.15) is 13.2 Å². The minimum atomic E-state index is -6.15. The van der Waals surface area contributed by atoms with Crippen LogP contribution in [0.1, 0.15) is 78.4 Å². The second-order valence-corrected chi connectivity index (χ2v) is 33.3. The van der Waals surface area contributed by atoms with Gasteiger partial charge in [0.2, 0.25) is 11.8 Å². The lowest BCUT2D eigenvalue weighted by atomic mass is 9.99. The number of thioether (sulfide) groups is 1. The molecule has 4 aliphatic heterocycles. The number of sulfone groups is 2. The summed E-state index contributed by atoms with van der Waals surface area (Å²) >= 11 is 7.66. The smallest absolute Gasteiger partial charge is 0.446 e. The van der Waals surface area contributed by atoms with Gasteiger partial charge in [0.05, 0.1) is 58.7 Å². The lowest BCUT2D eigenvalue weighted by molar-refractivity contribution is -0.136. The van der Waals surface area contributed by atoms with E-state index in [2.05, 4.69) is 30.9 Å². The maximum absolute atomic E-state index is 15.9. The highest BCUT2D eigenvalue weighted by molar-refractivity contribution is 7.99. The molecule has 5 heterocycles. The molecule has 33 heteroatoms. The molecule has 566 valence electrons. The van der Waals surface area contributed by atoms with Crippen molar-refractivity contribution in [3.63, 3.8) is 0 Å². The Morgan fingerprint density at radius 1 is 0.717 bits per heavy atom. The molecule has 5 amide bonds. The highest BCUT2D eigenvalue weighted by Crippen LogP contribution is 2.45. The number of imide groups is 2. The monoisotopic (exact) mass is 1560 g/mol. The number of nitrogens with zero attached hydrogens (tertiary/aromatic N) is 5. The van der Waals surface area contributed by atoms with Crippen LogP contribution in [0.3, 0.4) is 0 Å². The average molecular weight is 1560 g/mol. The molecule has 3 saturated heterocycles. The van der Waals surface area contributed by atoms with Crippen molar-refractivity contribution < 1.29 is 81.0 Å². The number of halogens is 5. The fraction of sp³-hybridized carbons (Fsp3) is 0.384. The number of aromatic nitrogens is 1. The number of fused-ring (bicyclic) bond motifs is 1. The maximum atomic E-state index is 15.9. The predicted molar refractivity (Wildman–Crippen MR) is 396 cm³/mol. The molecule has 1 unspecified atom stereocenters. The molecule has 0 aliphatic carbocycles. The zero-order chi connectivity index (χ0) is 75.8. The summed E-state index contributed by atoms with van der Waals surface area (Å²) in [5, 5.41) is 11.5. The first kappa shape index (κ1) is 78.3. The number of sulfonamides is 1. The van der Waals surface area contributed by atoms with Gasteiger partial charge in [-0.05, 0) is 155 Å². The van der Waals surface area contributed by atoms with E-state index in [0.717, 1.165) is 28.2 Å². The van der Waals surface area contributed by atoms with Crippen LogP contribution < -0.4 is 35.8 Å². The van der Waals surface area contributed by atoms with Gasteiger partial charge in [0.15, 0.2) is 9.84 Å². The minimum absolute atomic E-state index is 0.00665. The molecule has 7 aromatic rings. The van der Waals surface area contributed by atoms with Crippen LogP contribution in [-0.2, 0) is 53.5 Å². The molecule has 106 heavy (non-hydrogen) atoms. The number of piperazine rings is 1. The maximum Gasteiger partial charge on any atom is 0.501 e. The second-order valence-electron chi connectivity index (χ2n) is 26.3. The summed E-state index contributed by atoms with van der Waals surface area (Å²) in [6.07, 6.45) is 1.39. The average Bonchev–Trinajstić information content (AvgIpc) is 1.54. The van der Waals surface area contributed by atoms with Gasteiger partial charge in [-0.25, -0.2) is 34.4 Å². The van der Waals surface area contributed by atoms with Crippen LogP contribution in [0.25, 0.3) is 22.4 Å². The molecule has 4 aliphatic rings. The first-order chi connectivity index (χ1) is 50.4. The van der Waals surface area contributed by atoms with Crippen LogP contribution >= 0.6 is 23.4 Å². The zero-order valence-electron chi connectivity index (χ0n) is 58.4. The molecule has 0 radical (unpaired) electrons. The molecule has 1 aromatic heterocycles. The van der Waals surface area contributed by atoms with Crippen molar-refractivity contribution in [2.24, 2.45) is 0 Å². The Labute approximate surface area is 621 Å². The fourth-order valence-corrected chi connectivity index (χ4v) is 18.0. The molecule has 0 spiro atoms. The number of piperidine rings is 2. The molecule has 0 bridgehead atoms. The van der Waals surface area contributed by atoms with Crippen molar-refractivity contribution in [1.82, 2.24) is 25.0 Å². The van der Waals surface area contributed by atoms with Crippen LogP contribution in [-0.4, -0.2) is 190 Å². The number of alkyl halides is 3. The van der Waals surface area contributed by atoms with Gasteiger partial charge >= 0.3 is 11.6 Å². The van der Waals surface area contributed by atoms with E-state index in [9.17, 15) is 62.4 Å². The van der Waals surface area contributed by atoms with Crippen LogP contribution in [0.2, 0.25) is 5.02 Å². The fourth-order valence-electron chi connectivity index (χ4n) is 13.5. The molecular formula is C73H81ClF4N10O14S4. The topological polar surface area (TPSA) is 293 Å². The van der Waals surface area contributed by atoms with Crippen LogP contribution in [0, 0.1) is 12.7 Å². The van der Waals surface area contributed by atoms with Gasteiger partial charge in [-0.1, -0.05) is 48.0 Å². The number of ether oxygens (including phenoxy) is 3. The number of hydrogen-bond acceptors (Lipinski definition) is 20. The standard InChI is InChI=1S/C73H81ClF4N10O14S4/c1-46(2)87-47(3)68(104(4,94)95)65(67(87)48-13-15-50(74)16-14-48)49-41-51(75)43-55(42-49)86-35-33-85(34-36-86)54-19-17-52(18-20-54)83-106(98,99)58-21-22-60(63(44-58)105(96,97)73(76,77)78)81-53(45-103-57-9-6-5-7-10-57)25-30-84-31-26-56(27-32-84)102-72(93)80-29-38-101-40-39-100-37-28-79-61-12-8-11-59-66(61)71(92)88(70(59)91)62-23-24-64(89)82-69(62)90/h5-22,41-44,46,53,56,62,79,81,83H,23-40,45H2,1-4H3,(H,80,93)(H,82,89,90)/t53-,62?/m1/s1. The van der Waals surface area contributed by atoms with Crippen LogP contribution in [0.4, 0.5) is 50.8 Å². The van der Waals surface area contributed by atoms with Gasteiger partial charge in [-0.3, -0.25) is 34.1 Å². The van der Waals surface area contributed by atoms with E-state index >= 15 is 4.39 Å². The third-order valence-corrected chi connectivity index (χ3v) is 24.2. The lowest BCUT2D eigenvalue weighted by Gasteiger charge is -2.37. The predicted octanol–water partition coefficient (Wildman–Crippen LogP) is 11.0. The number of nitrogens with one attached hydrogen (secondary N) is 5. The number of alkyl carbamates (subject to hydrolysis) is 1. The first-order valence-corrected chi connectivity index (χ1v) is 40.6. The summed E-state index contributed by atoms with van der Waals surface area (Å²) in [5.74, 6) is -2.71. The molecule has 2 atom stereocenters.